The third-order valence-electron chi connectivity index (χ3n) is 4.86. The number of hydrogen-bond donors (Lipinski definition) is 3. The van der Waals surface area contributed by atoms with Crippen LogP contribution in [0, 0.1) is 16.0 Å². The molecule has 2 aliphatic heterocycles. The van der Waals surface area contributed by atoms with Crippen molar-refractivity contribution in [3.63, 3.8) is 0 Å². The summed E-state index contributed by atoms with van der Waals surface area (Å²) < 4.78 is 0. The number of piperidine rings is 1. The van der Waals surface area contributed by atoms with Crippen molar-refractivity contribution in [3.8, 4) is 0 Å². The lowest BCUT2D eigenvalue weighted by molar-refractivity contribution is -0.384. The monoisotopic (exact) mass is 349 g/mol. The molecule has 25 heavy (non-hydrogen) atoms. The van der Waals surface area contributed by atoms with Gasteiger partial charge in [0.25, 0.3) is 11.6 Å². The Kier molecular flexibility index (Phi) is 5.32. The Morgan fingerprint density at radius 1 is 1.36 bits per heavy atom. The Bertz CT molecular complexity index is 653. The molecule has 2 unspecified atom stereocenters. The number of hydrogen-bond acceptors (Lipinski definition) is 5. The topological polar surface area (TPSA) is 120 Å². The molecular formula is C16H23N5O4. The summed E-state index contributed by atoms with van der Waals surface area (Å²) in [6.07, 6.45) is 4.92. The van der Waals surface area contributed by atoms with E-state index in [4.69, 9.17) is 0 Å². The number of carbonyl (C=O) groups is 2. The zero-order chi connectivity index (χ0) is 17.8. The van der Waals surface area contributed by atoms with Gasteiger partial charge in [0.1, 0.15) is 5.69 Å². The summed E-state index contributed by atoms with van der Waals surface area (Å²) >= 11 is 0. The summed E-state index contributed by atoms with van der Waals surface area (Å²) in [5.41, 5.74) is 0.111. The minimum atomic E-state index is -0.529. The Hall–Kier alpha value is -2.42. The number of carbonyl (C=O) groups excluding carboxylic acids is 2. The van der Waals surface area contributed by atoms with E-state index in [1.54, 1.807) is 4.90 Å². The highest BCUT2D eigenvalue weighted by Crippen LogP contribution is 2.20. The van der Waals surface area contributed by atoms with Crippen LogP contribution in [0.3, 0.4) is 0 Å². The van der Waals surface area contributed by atoms with E-state index in [2.05, 4.69) is 15.6 Å². The van der Waals surface area contributed by atoms with Crippen molar-refractivity contribution in [1.29, 1.82) is 0 Å². The predicted octanol–water partition coefficient (Wildman–Crippen LogP) is 0.643. The molecule has 1 aromatic heterocycles. The summed E-state index contributed by atoms with van der Waals surface area (Å²) in [6, 6.07) is 1.17. The molecule has 3 N–H and O–H groups in total. The van der Waals surface area contributed by atoms with Crippen LogP contribution in [0.1, 0.15) is 36.2 Å². The summed E-state index contributed by atoms with van der Waals surface area (Å²) in [6.45, 7) is 2.60. The number of nitrogens with one attached hydrogen (secondary N) is 3. The highest BCUT2D eigenvalue weighted by Gasteiger charge is 2.28. The molecule has 2 amide bonds. The molecule has 0 saturated carbocycles. The van der Waals surface area contributed by atoms with Crippen molar-refractivity contribution >= 4 is 17.5 Å². The second-order valence-corrected chi connectivity index (χ2v) is 6.68. The minimum Gasteiger partial charge on any atom is -0.354 e. The van der Waals surface area contributed by atoms with Crippen LogP contribution >= 0.6 is 0 Å². The molecule has 1 aromatic rings. The Balaban J connectivity index is 1.52. The first kappa shape index (κ1) is 17.4. The molecule has 0 bridgehead atoms. The van der Waals surface area contributed by atoms with Gasteiger partial charge in [0.05, 0.1) is 17.2 Å². The molecule has 0 aliphatic carbocycles. The van der Waals surface area contributed by atoms with Gasteiger partial charge >= 0.3 is 0 Å². The standard InChI is InChI=1S/C16H23N5O4/c22-15(13-4-1-5-17-13)19-8-11-3-2-6-20(10-11)16(23)14-7-12(9-18-14)21(24)25/h7,9,11,13,17-18H,1-6,8,10H2,(H,19,22). The molecule has 9 nitrogen and oxygen atoms in total. The lowest BCUT2D eigenvalue weighted by atomic mass is 9.97. The van der Waals surface area contributed by atoms with Crippen molar-refractivity contribution in [2.24, 2.45) is 5.92 Å². The van der Waals surface area contributed by atoms with Gasteiger partial charge in [-0.05, 0) is 38.1 Å². The van der Waals surface area contributed by atoms with Gasteiger partial charge < -0.3 is 20.5 Å². The Morgan fingerprint density at radius 2 is 2.20 bits per heavy atom. The van der Waals surface area contributed by atoms with Gasteiger partial charge in [0.2, 0.25) is 5.91 Å². The lowest BCUT2D eigenvalue weighted by Crippen LogP contribution is -2.46. The third-order valence-corrected chi connectivity index (χ3v) is 4.86. The molecule has 2 fully saturated rings. The summed E-state index contributed by atoms with van der Waals surface area (Å²) in [5, 5.41) is 16.9. The number of likely N-dealkylation sites (tertiary alicyclic amines) is 1. The van der Waals surface area contributed by atoms with E-state index in [9.17, 15) is 19.7 Å². The average molecular weight is 349 g/mol. The van der Waals surface area contributed by atoms with Crippen molar-refractivity contribution < 1.29 is 14.5 Å². The van der Waals surface area contributed by atoms with Crippen molar-refractivity contribution in [3.05, 3.63) is 28.1 Å². The van der Waals surface area contributed by atoms with Gasteiger partial charge in [-0.3, -0.25) is 19.7 Å². The van der Waals surface area contributed by atoms with Crippen LogP contribution in [0.2, 0.25) is 0 Å². The first-order chi connectivity index (χ1) is 12.0. The average Bonchev–Trinajstić information content (AvgIpc) is 3.30. The molecule has 136 valence electrons. The predicted molar refractivity (Wildman–Crippen MR) is 90.1 cm³/mol. The van der Waals surface area contributed by atoms with Crippen molar-refractivity contribution in [2.75, 3.05) is 26.2 Å². The fourth-order valence-electron chi connectivity index (χ4n) is 3.47. The highest BCUT2D eigenvalue weighted by molar-refractivity contribution is 5.93. The molecule has 0 spiro atoms. The molecule has 3 heterocycles. The van der Waals surface area contributed by atoms with Gasteiger partial charge in [-0.2, -0.15) is 0 Å². The van der Waals surface area contributed by atoms with Crippen LogP contribution in [0.5, 0.6) is 0 Å². The molecule has 9 heteroatoms. The van der Waals surface area contributed by atoms with Crippen molar-refractivity contribution in [1.82, 2.24) is 20.5 Å². The van der Waals surface area contributed by atoms with Crippen LogP contribution < -0.4 is 10.6 Å². The maximum Gasteiger partial charge on any atom is 0.287 e. The molecule has 0 radical (unpaired) electrons. The van der Waals surface area contributed by atoms with Crippen LogP contribution in [0.15, 0.2) is 12.3 Å². The fraction of sp³-hybridized carbons (Fsp3) is 0.625. The van der Waals surface area contributed by atoms with Gasteiger partial charge in [-0.15, -0.1) is 0 Å². The zero-order valence-corrected chi connectivity index (χ0v) is 14.0. The van der Waals surface area contributed by atoms with E-state index in [1.807, 2.05) is 0 Å². The first-order valence-electron chi connectivity index (χ1n) is 8.68. The number of H-pyrrole nitrogens is 1. The number of aromatic nitrogens is 1. The van der Waals surface area contributed by atoms with Crippen LogP contribution in [-0.2, 0) is 4.79 Å². The maximum absolute atomic E-state index is 12.5. The highest BCUT2D eigenvalue weighted by atomic mass is 16.6. The number of nitrogens with zero attached hydrogens (tertiary/aromatic N) is 2. The first-order valence-corrected chi connectivity index (χ1v) is 8.68. The number of nitro groups is 1. The quantitative estimate of drug-likeness (QED) is 0.532. The normalized spacial score (nSPS) is 23.4. The van der Waals surface area contributed by atoms with Gasteiger partial charge in [0.15, 0.2) is 0 Å². The molecular weight excluding hydrogens is 326 g/mol. The van der Waals surface area contributed by atoms with E-state index < -0.39 is 4.92 Å². The second kappa shape index (κ2) is 7.64. The Labute approximate surface area is 145 Å². The minimum absolute atomic E-state index is 0.0287. The molecule has 2 saturated heterocycles. The smallest absolute Gasteiger partial charge is 0.287 e. The summed E-state index contributed by atoms with van der Waals surface area (Å²) in [7, 11) is 0. The third kappa shape index (κ3) is 4.16. The summed E-state index contributed by atoms with van der Waals surface area (Å²) in [5.74, 6) is -0.00414. The van der Waals surface area contributed by atoms with E-state index in [1.165, 1.54) is 12.3 Å². The van der Waals surface area contributed by atoms with E-state index in [0.29, 0.717) is 19.6 Å². The van der Waals surface area contributed by atoms with E-state index in [-0.39, 0.29) is 35.2 Å². The van der Waals surface area contributed by atoms with Gasteiger partial charge in [-0.25, -0.2) is 0 Å². The van der Waals surface area contributed by atoms with Crippen LogP contribution in [0.25, 0.3) is 0 Å². The molecule has 0 aromatic carbocycles. The zero-order valence-electron chi connectivity index (χ0n) is 14.0. The van der Waals surface area contributed by atoms with E-state index >= 15 is 0 Å². The molecule has 2 atom stereocenters. The fourth-order valence-corrected chi connectivity index (χ4v) is 3.47. The molecule has 2 aliphatic rings. The van der Waals surface area contributed by atoms with E-state index in [0.717, 1.165) is 32.2 Å². The summed E-state index contributed by atoms with van der Waals surface area (Å²) in [4.78, 5) is 39.2. The van der Waals surface area contributed by atoms with Crippen LogP contribution in [-0.4, -0.2) is 58.8 Å². The second-order valence-electron chi connectivity index (χ2n) is 6.68. The maximum atomic E-state index is 12.5. The SMILES string of the molecule is O=C(NCC1CCCN(C(=O)c2cc([N+](=O)[O-])c[nH]2)C1)C1CCCN1. The number of aromatic amines is 1. The van der Waals surface area contributed by atoms with Crippen LogP contribution in [0.4, 0.5) is 5.69 Å². The Morgan fingerprint density at radius 3 is 2.88 bits per heavy atom. The van der Waals surface area contributed by atoms with Crippen molar-refractivity contribution in [2.45, 2.75) is 31.7 Å². The van der Waals surface area contributed by atoms with Gasteiger partial charge in [-0.1, -0.05) is 0 Å². The lowest BCUT2D eigenvalue weighted by Gasteiger charge is -2.32. The number of amides is 2. The largest absolute Gasteiger partial charge is 0.354 e. The van der Waals surface area contributed by atoms with Gasteiger partial charge in [0, 0.05) is 25.7 Å². The molecule has 3 rings (SSSR count). The number of rotatable bonds is 5.